The van der Waals surface area contributed by atoms with E-state index >= 15 is 0 Å². The first kappa shape index (κ1) is 16.3. The van der Waals surface area contributed by atoms with Gasteiger partial charge < -0.3 is 13.8 Å². The van der Waals surface area contributed by atoms with E-state index in [4.69, 9.17) is 8.94 Å². The largest absolute Gasteiger partial charge is 0.467 e. The molecule has 128 valence electrons. The van der Waals surface area contributed by atoms with Crippen LogP contribution in [0.15, 0.2) is 33.4 Å². The second-order valence-corrected chi connectivity index (χ2v) is 7.07. The molecule has 0 bridgehead atoms. The summed E-state index contributed by atoms with van der Waals surface area (Å²) in [5.74, 6) is 0.313. The fourth-order valence-corrected chi connectivity index (χ4v) is 2.60. The van der Waals surface area contributed by atoms with Crippen molar-refractivity contribution in [3.63, 3.8) is 0 Å². The van der Waals surface area contributed by atoms with E-state index in [9.17, 15) is 9.59 Å². The minimum Gasteiger partial charge on any atom is -0.467 e. The van der Waals surface area contributed by atoms with Crippen molar-refractivity contribution in [1.82, 2.24) is 10.1 Å². The topological polar surface area (TPSA) is 88.6 Å². The number of nitrogens with one attached hydrogen (secondary N) is 1. The van der Waals surface area contributed by atoms with Gasteiger partial charge in [-0.1, -0.05) is 25.9 Å². The highest BCUT2D eigenvalue weighted by Crippen LogP contribution is 2.25. The molecule has 7 heteroatoms. The number of carbonyl (C=O) groups excluding carboxylic acids is 2. The molecule has 3 heterocycles. The first-order chi connectivity index (χ1) is 11.3. The van der Waals surface area contributed by atoms with Crippen LogP contribution in [0.1, 0.15) is 38.6 Å². The van der Waals surface area contributed by atoms with Crippen LogP contribution >= 0.6 is 0 Å². The number of hydrogen-bond acceptors (Lipinski definition) is 5. The van der Waals surface area contributed by atoms with E-state index < -0.39 is 5.92 Å². The van der Waals surface area contributed by atoms with E-state index in [1.54, 1.807) is 23.3 Å². The molecule has 0 spiro atoms. The highest BCUT2D eigenvalue weighted by atomic mass is 16.5. The van der Waals surface area contributed by atoms with Crippen molar-refractivity contribution in [1.29, 1.82) is 0 Å². The van der Waals surface area contributed by atoms with E-state index in [0.717, 1.165) is 5.69 Å². The van der Waals surface area contributed by atoms with Gasteiger partial charge in [-0.2, -0.15) is 0 Å². The second-order valence-electron chi connectivity index (χ2n) is 7.07. The van der Waals surface area contributed by atoms with Gasteiger partial charge in [-0.05, 0) is 12.1 Å². The smallest absolute Gasteiger partial charge is 0.232 e. The molecular formula is C17H21N3O4. The zero-order valence-corrected chi connectivity index (χ0v) is 14.0. The minimum atomic E-state index is -0.407. The maximum Gasteiger partial charge on any atom is 0.232 e. The number of likely N-dealkylation sites (tertiary alicyclic amines) is 1. The molecule has 2 amide bonds. The number of aromatic nitrogens is 1. The summed E-state index contributed by atoms with van der Waals surface area (Å²) in [6.07, 6.45) is 1.75. The lowest BCUT2D eigenvalue weighted by atomic mass is 9.92. The molecule has 0 saturated carbocycles. The van der Waals surface area contributed by atoms with Crippen molar-refractivity contribution in [2.45, 2.75) is 39.2 Å². The van der Waals surface area contributed by atoms with Gasteiger partial charge in [-0.25, -0.2) is 0 Å². The summed E-state index contributed by atoms with van der Waals surface area (Å²) >= 11 is 0. The minimum absolute atomic E-state index is 0.0560. The zero-order chi connectivity index (χ0) is 17.3. The Bertz CT molecular complexity index is 727. The third kappa shape index (κ3) is 3.50. The van der Waals surface area contributed by atoms with Gasteiger partial charge in [-0.15, -0.1) is 0 Å². The van der Waals surface area contributed by atoms with Crippen LogP contribution in [0.4, 0.5) is 5.88 Å². The summed E-state index contributed by atoms with van der Waals surface area (Å²) in [5.41, 5.74) is 0.607. The van der Waals surface area contributed by atoms with Gasteiger partial charge in [-0.3, -0.25) is 14.9 Å². The number of furan rings is 1. The predicted molar refractivity (Wildman–Crippen MR) is 86.1 cm³/mol. The molecule has 1 atom stereocenters. The first-order valence-electron chi connectivity index (χ1n) is 7.91. The molecule has 1 N–H and O–H groups in total. The fourth-order valence-electron chi connectivity index (χ4n) is 2.60. The van der Waals surface area contributed by atoms with E-state index in [2.05, 4.69) is 10.5 Å². The Kier molecular flexibility index (Phi) is 4.17. The van der Waals surface area contributed by atoms with Crippen LogP contribution in [-0.4, -0.2) is 28.4 Å². The molecule has 7 nitrogen and oxygen atoms in total. The van der Waals surface area contributed by atoms with E-state index in [1.807, 2.05) is 26.8 Å². The Morgan fingerprint density at radius 1 is 1.46 bits per heavy atom. The highest BCUT2D eigenvalue weighted by molar-refractivity contribution is 5.96. The van der Waals surface area contributed by atoms with E-state index in [-0.39, 0.29) is 23.7 Å². The van der Waals surface area contributed by atoms with Crippen molar-refractivity contribution in [3.05, 3.63) is 35.9 Å². The zero-order valence-electron chi connectivity index (χ0n) is 14.0. The summed E-state index contributed by atoms with van der Waals surface area (Å²) < 4.78 is 10.4. The number of amides is 2. The van der Waals surface area contributed by atoms with Crippen LogP contribution in [0.3, 0.4) is 0 Å². The van der Waals surface area contributed by atoms with Gasteiger partial charge in [0.2, 0.25) is 17.7 Å². The molecule has 1 aliphatic rings. The van der Waals surface area contributed by atoms with Crippen molar-refractivity contribution < 1.29 is 18.5 Å². The molecule has 2 aromatic rings. The van der Waals surface area contributed by atoms with Crippen molar-refractivity contribution in [3.8, 4) is 0 Å². The quantitative estimate of drug-likeness (QED) is 0.930. The van der Waals surface area contributed by atoms with Gasteiger partial charge >= 0.3 is 0 Å². The van der Waals surface area contributed by atoms with Crippen LogP contribution in [-0.2, 0) is 21.5 Å². The third-order valence-electron chi connectivity index (χ3n) is 4.04. The summed E-state index contributed by atoms with van der Waals surface area (Å²) in [6.45, 7) is 6.79. The molecule has 0 radical (unpaired) electrons. The lowest BCUT2D eigenvalue weighted by Crippen LogP contribution is -2.27. The average molecular weight is 331 g/mol. The highest BCUT2D eigenvalue weighted by Gasteiger charge is 2.35. The molecule has 1 unspecified atom stereocenters. The van der Waals surface area contributed by atoms with Crippen molar-refractivity contribution in [2.75, 3.05) is 11.9 Å². The fraction of sp³-hybridized carbons (Fsp3) is 0.471. The molecule has 24 heavy (non-hydrogen) atoms. The lowest BCUT2D eigenvalue weighted by molar-refractivity contribution is -0.128. The summed E-state index contributed by atoms with van der Waals surface area (Å²) in [5, 5.41) is 6.67. The number of carbonyl (C=O) groups is 2. The van der Waals surface area contributed by atoms with Gasteiger partial charge in [0.1, 0.15) is 5.76 Å². The van der Waals surface area contributed by atoms with Crippen LogP contribution in [0.2, 0.25) is 0 Å². The molecule has 0 aromatic carbocycles. The summed E-state index contributed by atoms with van der Waals surface area (Å²) in [4.78, 5) is 26.1. The number of rotatable bonds is 4. The third-order valence-corrected chi connectivity index (χ3v) is 4.04. The lowest BCUT2D eigenvalue weighted by Gasteiger charge is -2.14. The first-order valence-corrected chi connectivity index (χ1v) is 7.91. The molecule has 1 saturated heterocycles. The summed E-state index contributed by atoms with van der Waals surface area (Å²) in [6, 6.07) is 5.30. The average Bonchev–Trinajstić information content (AvgIpc) is 3.21. The van der Waals surface area contributed by atoms with Crippen LogP contribution in [0.5, 0.6) is 0 Å². The second kappa shape index (κ2) is 6.14. The summed E-state index contributed by atoms with van der Waals surface area (Å²) in [7, 11) is 0. The molecule has 3 rings (SSSR count). The molecule has 1 fully saturated rings. The maximum absolute atomic E-state index is 12.4. The van der Waals surface area contributed by atoms with Crippen LogP contribution in [0, 0.1) is 5.92 Å². The Balaban J connectivity index is 1.60. The van der Waals surface area contributed by atoms with E-state index in [0.29, 0.717) is 24.7 Å². The molecule has 0 aliphatic carbocycles. The van der Waals surface area contributed by atoms with E-state index in [1.165, 1.54) is 0 Å². The normalized spacial score (nSPS) is 18.2. The van der Waals surface area contributed by atoms with Crippen LogP contribution in [0.25, 0.3) is 0 Å². The SMILES string of the molecule is CC(C)(C)c1cc(NC(=O)C2CC(=O)N(Cc3ccco3)C2)on1. The predicted octanol–water partition coefficient (Wildman–Crippen LogP) is 2.55. The van der Waals surface area contributed by atoms with Gasteiger partial charge in [0.15, 0.2) is 0 Å². The molecular weight excluding hydrogens is 310 g/mol. The number of nitrogens with zero attached hydrogens (tertiary/aromatic N) is 2. The molecule has 2 aromatic heterocycles. The number of hydrogen-bond donors (Lipinski definition) is 1. The Morgan fingerprint density at radius 3 is 2.88 bits per heavy atom. The van der Waals surface area contributed by atoms with Crippen LogP contribution < -0.4 is 5.32 Å². The Hall–Kier alpha value is -2.57. The molecule has 1 aliphatic heterocycles. The van der Waals surface area contributed by atoms with Gasteiger partial charge in [0, 0.05) is 24.4 Å². The maximum atomic E-state index is 12.4. The Labute approximate surface area is 140 Å². The van der Waals surface area contributed by atoms with Crippen molar-refractivity contribution in [2.24, 2.45) is 5.92 Å². The number of anilines is 1. The van der Waals surface area contributed by atoms with Crippen molar-refractivity contribution >= 4 is 17.7 Å². The monoisotopic (exact) mass is 331 g/mol. The van der Waals surface area contributed by atoms with Gasteiger partial charge in [0.25, 0.3) is 0 Å². The standard InChI is InChI=1S/C17H21N3O4/c1-17(2,3)13-8-14(24-19-13)18-16(22)11-7-15(21)20(9-11)10-12-5-4-6-23-12/h4-6,8,11H,7,9-10H2,1-3H3,(H,18,22). The van der Waals surface area contributed by atoms with Gasteiger partial charge in [0.05, 0.1) is 24.4 Å². The Morgan fingerprint density at radius 2 is 2.25 bits per heavy atom.